The predicted octanol–water partition coefficient (Wildman–Crippen LogP) is 4.59. The molecule has 1 unspecified atom stereocenters. The van der Waals surface area contributed by atoms with Gasteiger partial charge in [0.05, 0.1) is 12.2 Å². The monoisotopic (exact) mass is 336 g/mol. The van der Waals surface area contributed by atoms with Crippen molar-refractivity contribution in [1.29, 1.82) is 0 Å². The van der Waals surface area contributed by atoms with E-state index < -0.39 is 0 Å². The van der Waals surface area contributed by atoms with E-state index in [-0.39, 0.29) is 6.10 Å². The number of para-hydroxylation sites is 1. The van der Waals surface area contributed by atoms with Crippen LogP contribution in [0.3, 0.4) is 0 Å². The van der Waals surface area contributed by atoms with Gasteiger partial charge in [0.1, 0.15) is 16.9 Å². The fourth-order valence-corrected chi connectivity index (χ4v) is 3.95. The van der Waals surface area contributed by atoms with E-state index in [0.29, 0.717) is 0 Å². The molecule has 24 heavy (non-hydrogen) atoms. The molecule has 0 saturated heterocycles. The quantitative estimate of drug-likeness (QED) is 0.699. The van der Waals surface area contributed by atoms with Crippen LogP contribution in [-0.4, -0.2) is 22.5 Å². The van der Waals surface area contributed by atoms with E-state index in [0.717, 1.165) is 36.1 Å². The van der Waals surface area contributed by atoms with Crippen LogP contribution in [0.5, 0.6) is 5.75 Å². The van der Waals surface area contributed by atoms with E-state index in [2.05, 4.69) is 59.7 Å². The van der Waals surface area contributed by atoms with Crippen LogP contribution >= 0.6 is 11.3 Å². The number of hydrogen-bond donors (Lipinski definition) is 0. The largest absolute Gasteiger partial charge is 0.489 e. The van der Waals surface area contributed by atoms with Gasteiger partial charge in [-0.15, -0.1) is 11.3 Å². The van der Waals surface area contributed by atoms with Crippen molar-refractivity contribution in [3.8, 4) is 17.0 Å². The highest BCUT2D eigenvalue weighted by atomic mass is 32.1. The molecule has 0 N–H and O–H groups in total. The summed E-state index contributed by atoms with van der Waals surface area (Å²) in [6.45, 7) is 4.81. The number of thiazole rings is 1. The lowest BCUT2D eigenvalue weighted by Gasteiger charge is -2.20. The number of rotatable bonds is 3. The summed E-state index contributed by atoms with van der Waals surface area (Å²) in [6.07, 6.45) is 0.183. The maximum atomic E-state index is 6.04. The maximum Gasteiger partial charge on any atom is 0.124 e. The van der Waals surface area contributed by atoms with Gasteiger partial charge in [0, 0.05) is 29.6 Å². The smallest absolute Gasteiger partial charge is 0.124 e. The average Bonchev–Trinajstić information content (AvgIpc) is 2.99. The molecule has 0 radical (unpaired) electrons. The van der Waals surface area contributed by atoms with Gasteiger partial charge >= 0.3 is 0 Å². The van der Waals surface area contributed by atoms with Gasteiger partial charge in [-0.3, -0.25) is 4.90 Å². The Balaban J connectivity index is 1.52. The lowest BCUT2D eigenvalue weighted by molar-refractivity contribution is 0.156. The molecular weight excluding hydrogens is 316 g/mol. The zero-order chi connectivity index (χ0) is 16.4. The van der Waals surface area contributed by atoms with Crippen molar-refractivity contribution in [2.75, 3.05) is 6.54 Å². The third-order valence-corrected chi connectivity index (χ3v) is 5.02. The van der Waals surface area contributed by atoms with Crippen LogP contribution < -0.4 is 4.74 Å². The Morgan fingerprint density at radius 3 is 2.79 bits per heavy atom. The molecule has 1 aromatic heterocycles. The SMILES string of the molecule is CC1CN(Cc2nc(-c3ccccc3)cs2)Cc2ccccc2O1. The van der Waals surface area contributed by atoms with Crippen LogP contribution in [0.15, 0.2) is 60.0 Å². The van der Waals surface area contributed by atoms with Gasteiger partial charge in [-0.2, -0.15) is 0 Å². The van der Waals surface area contributed by atoms with Crippen molar-refractivity contribution >= 4 is 11.3 Å². The van der Waals surface area contributed by atoms with Crippen LogP contribution in [-0.2, 0) is 13.1 Å². The molecule has 122 valence electrons. The minimum absolute atomic E-state index is 0.183. The molecule has 1 atom stereocenters. The molecule has 1 aliphatic rings. The molecule has 1 aliphatic heterocycles. The summed E-state index contributed by atoms with van der Waals surface area (Å²) >= 11 is 1.73. The minimum atomic E-state index is 0.183. The summed E-state index contributed by atoms with van der Waals surface area (Å²) in [7, 11) is 0. The third-order valence-electron chi connectivity index (χ3n) is 4.19. The molecule has 0 amide bonds. The van der Waals surface area contributed by atoms with Gasteiger partial charge in [0.15, 0.2) is 0 Å². The normalized spacial score (nSPS) is 17.8. The highest BCUT2D eigenvalue weighted by Gasteiger charge is 2.20. The molecule has 3 aromatic rings. The highest BCUT2D eigenvalue weighted by molar-refractivity contribution is 7.09. The van der Waals surface area contributed by atoms with E-state index in [9.17, 15) is 0 Å². The van der Waals surface area contributed by atoms with Gasteiger partial charge in [-0.1, -0.05) is 48.5 Å². The highest BCUT2D eigenvalue weighted by Crippen LogP contribution is 2.27. The van der Waals surface area contributed by atoms with E-state index >= 15 is 0 Å². The van der Waals surface area contributed by atoms with Gasteiger partial charge in [-0.25, -0.2) is 4.98 Å². The van der Waals surface area contributed by atoms with Crippen LogP contribution in [0.1, 0.15) is 17.5 Å². The molecular formula is C20H20N2OS. The third kappa shape index (κ3) is 3.35. The zero-order valence-electron chi connectivity index (χ0n) is 13.7. The summed E-state index contributed by atoms with van der Waals surface area (Å²) < 4.78 is 6.04. The van der Waals surface area contributed by atoms with Crippen LogP contribution in [0.4, 0.5) is 0 Å². The molecule has 0 aliphatic carbocycles. The Morgan fingerprint density at radius 2 is 1.92 bits per heavy atom. The number of hydrogen-bond acceptors (Lipinski definition) is 4. The van der Waals surface area contributed by atoms with Crippen molar-refractivity contribution < 1.29 is 4.74 Å². The Hall–Kier alpha value is -2.17. The topological polar surface area (TPSA) is 25.4 Å². The Kier molecular flexibility index (Phi) is 4.32. The number of benzene rings is 2. The summed E-state index contributed by atoms with van der Waals surface area (Å²) in [5.74, 6) is 1.01. The van der Waals surface area contributed by atoms with Crippen molar-refractivity contribution in [2.45, 2.75) is 26.1 Å². The summed E-state index contributed by atoms with van der Waals surface area (Å²) in [6, 6.07) is 18.7. The number of nitrogens with zero attached hydrogens (tertiary/aromatic N) is 2. The molecule has 4 heteroatoms. The van der Waals surface area contributed by atoms with Crippen molar-refractivity contribution in [1.82, 2.24) is 9.88 Å². The summed E-state index contributed by atoms with van der Waals surface area (Å²) in [4.78, 5) is 7.24. The van der Waals surface area contributed by atoms with Crippen molar-refractivity contribution in [2.24, 2.45) is 0 Å². The van der Waals surface area contributed by atoms with E-state index in [1.807, 2.05) is 12.1 Å². The first kappa shape index (κ1) is 15.4. The van der Waals surface area contributed by atoms with Crippen LogP contribution in [0.25, 0.3) is 11.3 Å². The standard InChI is InChI=1S/C20H20N2OS/c1-15-11-22(12-17-9-5-6-10-19(17)23-15)13-20-21-18(14-24-20)16-7-3-2-4-8-16/h2-10,14-15H,11-13H2,1H3. The first-order valence-corrected chi connectivity index (χ1v) is 9.12. The lowest BCUT2D eigenvalue weighted by Crippen LogP contribution is -2.30. The number of ether oxygens (including phenoxy) is 1. The molecule has 2 aromatic carbocycles. The second kappa shape index (κ2) is 6.75. The lowest BCUT2D eigenvalue weighted by atomic mass is 10.2. The molecule has 4 rings (SSSR count). The van der Waals surface area contributed by atoms with Crippen LogP contribution in [0, 0.1) is 0 Å². The van der Waals surface area contributed by atoms with E-state index in [4.69, 9.17) is 9.72 Å². The summed E-state index contributed by atoms with van der Waals surface area (Å²) in [5, 5.41) is 3.30. The maximum absolute atomic E-state index is 6.04. The Bertz CT molecular complexity index is 815. The second-order valence-corrected chi connectivity index (χ2v) is 7.14. The number of aromatic nitrogens is 1. The molecule has 0 bridgehead atoms. The fraction of sp³-hybridized carbons (Fsp3) is 0.250. The van der Waals surface area contributed by atoms with Gasteiger partial charge in [0.2, 0.25) is 0 Å². The van der Waals surface area contributed by atoms with Crippen LogP contribution in [0.2, 0.25) is 0 Å². The van der Waals surface area contributed by atoms with Crippen molar-refractivity contribution in [3.63, 3.8) is 0 Å². The Morgan fingerprint density at radius 1 is 1.12 bits per heavy atom. The average molecular weight is 336 g/mol. The molecule has 0 spiro atoms. The van der Waals surface area contributed by atoms with Crippen molar-refractivity contribution in [3.05, 3.63) is 70.5 Å². The van der Waals surface area contributed by atoms with Gasteiger partial charge < -0.3 is 4.74 Å². The first-order valence-electron chi connectivity index (χ1n) is 8.24. The molecule has 3 nitrogen and oxygen atoms in total. The number of fused-ring (bicyclic) bond motifs is 1. The summed E-state index contributed by atoms with van der Waals surface area (Å²) in [5.41, 5.74) is 3.50. The van der Waals surface area contributed by atoms with E-state index in [1.165, 1.54) is 11.1 Å². The first-order chi connectivity index (χ1) is 11.8. The van der Waals surface area contributed by atoms with Gasteiger partial charge in [0.25, 0.3) is 0 Å². The Labute approximate surface area is 146 Å². The minimum Gasteiger partial charge on any atom is -0.489 e. The van der Waals surface area contributed by atoms with Gasteiger partial charge in [-0.05, 0) is 13.0 Å². The zero-order valence-corrected chi connectivity index (χ0v) is 14.5. The molecule has 0 fully saturated rings. The molecule has 2 heterocycles. The van der Waals surface area contributed by atoms with E-state index in [1.54, 1.807) is 11.3 Å². The fourth-order valence-electron chi connectivity index (χ4n) is 3.11. The molecule has 0 saturated carbocycles. The second-order valence-electron chi connectivity index (χ2n) is 6.20. The predicted molar refractivity (Wildman–Crippen MR) is 98.2 cm³/mol.